The minimum absolute atomic E-state index is 0.275. The number of benzene rings is 1. The van der Waals surface area contributed by atoms with Crippen LogP contribution in [0.15, 0.2) is 66.3 Å². The lowest BCUT2D eigenvalue weighted by atomic mass is 9.82. The second kappa shape index (κ2) is 9.85. The van der Waals surface area contributed by atoms with E-state index in [0.717, 1.165) is 16.5 Å². The van der Waals surface area contributed by atoms with Crippen LogP contribution in [0, 0.1) is 17.0 Å². The first kappa shape index (κ1) is 24.4. The number of ether oxygens (including phenoxy) is 1. The van der Waals surface area contributed by atoms with Crippen molar-refractivity contribution in [1.82, 2.24) is 24.8 Å². The minimum Gasteiger partial charge on any atom is -0.495 e. The zero-order valence-electron chi connectivity index (χ0n) is 20.6. The summed E-state index contributed by atoms with van der Waals surface area (Å²) in [4.78, 5) is 22.9. The van der Waals surface area contributed by atoms with Crippen molar-refractivity contribution in [3.05, 3.63) is 82.0 Å². The molecule has 4 rings (SSSR count). The quantitative estimate of drug-likeness (QED) is 0.357. The van der Waals surface area contributed by atoms with Gasteiger partial charge < -0.3 is 24.8 Å². The van der Waals surface area contributed by atoms with Gasteiger partial charge in [-0.2, -0.15) is 4.98 Å². The van der Waals surface area contributed by atoms with E-state index in [2.05, 4.69) is 33.6 Å². The van der Waals surface area contributed by atoms with Crippen molar-refractivity contribution >= 4 is 16.9 Å². The van der Waals surface area contributed by atoms with E-state index in [1.54, 1.807) is 32.5 Å². The van der Waals surface area contributed by atoms with E-state index in [1.165, 1.54) is 0 Å². The van der Waals surface area contributed by atoms with Crippen molar-refractivity contribution in [2.75, 3.05) is 40.1 Å². The molecule has 2 unspecified atom stereocenters. The maximum Gasteiger partial charge on any atom is 0.255 e. The number of anilines is 1. The number of fused-ring (bicyclic) bond motifs is 1. The molecule has 0 saturated carbocycles. The highest BCUT2D eigenvalue weighted by Crippen LogP contribution is 2.32. The standard InChI is InChI=1S/C25H31N7O3/c1-17-16-31(20-9-7-6-8-18(17)20)23-10-12-27-24(29-23)28-19-14-22(32(33)34)25(26-2,11-13-30(3)4)15-21(19)35-5/h6-10,12,14-16,22,26H,11,13H2,1-5H3,(H,27,28,29). The first-order valence-corrected chi connectivity index (χ1v) is 11.4. The highest BCUT2D eigenvalue weighted by molar-refractivity contribution is 5.85. The van der Waals surface area contributed by atoms with E-state index in [-0.39, 0.29) is 4.92 Å². The Hall–Kier alpha value is -3.76. The molecule has 0 aliphatic heterocycles. The summed E-state index contributed by atoms with van der Waals surface area (Å²) in [5.74, 6) is 1.50. The molecule has 0 amide bonds. The number of aryl methyl sites for hydroxylation is 1. The second-order valence-corrected chi connectivity index (χ2v) is 8.93. The molecule has 35 heavy (non-hydrogen) atoms. The van der Waals surface area contributed by atoms with Gasteiger partial charge in [-0.1, -0.05) is 18.2 Å². The molecule has 3 aromatic rings. The Balaban J connectivity index is 1.69. The summed E-state index contributed by atoms with van der Waals surface area (Å²) in [5.41, 5.74) is 1.74. The van der Waals surface area contributed by atoms with Crippen LogP contribution in [-0.4, -0.2) is 70.7 Å². The molecule has 2 atom stereocenters. The minimum atomic E-state index is -1.01. The normalized spacial score (nSPS) is 20.0. The molecule has 10 nitrogen and oxygen atoms in total. The summed E-state index contributed by atoms with van der Waals surface area (Å²) < 4.78 is 7.64. The zero-order valence-corrected chi connectivity index (χ0v) is 20.6. The monoisotopic (exact) mass is 477 g/mol. The molecule has 0 fully saturated rings. The lowest BCUT2D eigenvalue weighted by Crippen LogP contribution is -2.57. The van der Waals surface area contributed by atoms with Crippen LogP contribution in [0.4, 0.5) is 5.95 Å². The van der Waals surface area contributed by atoms with Gasteiger partial charge in [-0.3, -0.25) is 10.1 Å². The number of aromatic nitrogens is 3. The maximum atomic E-state index is 12.1. The molecular weight excluding hydrogens is 446 g/mol. The summed E-state index contributed by atoms with van der Waals surface area (Å²) in [6.07, 6.45) is 7.60. The third-order valence-electron chi connectivity index (χ3n) is 6.44. The zero-order chi connectivity index (χ0) is 25.2. The molecule has 0 spiro atoms. The molecule has 2 N–H and O–H groups in total. The molecule has 10 heteroatoms. The Labute approximate surface area is 204 Å². The first-order valence-electron chi connectivity index (χ1n) is 11.4. The summed E-state index contributed by atoms with van der Waals surface area (Å²) in [7, 11) is 7.16. The molecule has 1 aliphatic rings. The largest absolute Gasteiger partial charge is 0.495 e. The van der Waals surface area contributed by atoms with Gasteiger partial charge >= 0.3 is 0 Å². The van der Waals surface area contributed by atoms with E-state index >= 15 is 0 Å². The molecule has 1 aliphatic carbocycles. The molecule has 0 radical (unpaired) electrons. The van der Waals surface area contributed by atoms with Gasteiger partial charge in [-0.05, 0) is 64.8 Å². The average molecular weight is 478 g/mol. The summed E-state index contributed by atoms with van der Waals surface area (Å²) in [6, 6.07) is 8.94. The van der Waals surface area contributed by atoms with Crippen LogP contribution in [0.25, 0.3) is 16.7 Å². The van der Waals surface area contributed by atoms with E-state index in [4.69, 9.17) is 4.74 Å². The predicted octanol–water partition coefficient (Wildman–Crippen LogP) is 3.12. The molecule has 2 heterocycles. The Bertz CT molecular complexity index is 1300. The Kier molecular flexibility index (Phi) is 6.86. The van der Waals surface area contributed by atoms with Crippen LogP contribution in [0.1, 0.15) is 12.0 Å². The number of para-hydroxylation sites is 1. The lowest BCUT2D eigenvalue weighted by molar-refractivity contribution is -0.519. The number of methoxy groups -OCH3 is 1. The van der Waals surface area contributed by atoms with Crippen molar-refractivity contribution in [3.8, 4) is 5.82 Å². The fourth-order valence-corrected chi connectivity index (χ4v) is 4.48. The molecule has 1 aromatic carbocycles. The van der Waals surface area contributed by atoms with Crippen LogP contribution < -0.4 is 10.6 Å². The van der Waals surface area contributed by atoms with Crippen molar-refractivity contribution < 1.29 is 9.66 Å². The SMILES string of the molecule is CNC1(CCN(C)C)C=C(OC)C(Nc2nccc(-n3cc(C)c4ccccc43)n2)=CC1[N+](=O)[O-]. The van der Waals surface area contributed by atoms with Crippen molar-refractivity contribution in [3.63, 3.8) is 0 Å². The number of likely N-dealkylation sites (N-methyl/N-ethyl adjacent to an activating group) is 1. The molecular formula is C25H31N7O3. The number of nitrogens with zero attached hydrogens (tertiary/aromatic N) is 5. The predicted molar refractivity (Wildman–Crippen MR) is 136 cm³/mol. The fourth-order valence-electron chi connectivity index (χ4n) is 4.48. The van der Waals surface area contributed by atoms with Crippen LogP contribution in [0.5, 0.6) is 0 Å². The number of nitro groups is 1. The number of hydrogen-bond donors (Lipinski definition) is 2. The smallest absolute Gasteiger partial charge is 0.255 e. The van der Waals surface area contributed by atoms with Gasteiger partial charge in [0.1, 0.15) is 17.1 Å². The van der Waals surface area contributed by atoms with Crippen LogP contribution in [0.2, 0.25) is 0 Å². The fraction of sp³-hybridized carbons (Fsp3) is 0.360. The Morgan fingerprint density at radius 2 is 2.06 bits per heavy atom. The van der Waals surface area contributed by atoms with Gasteiger partial charge in [0.05, 0.1) is 18.3 Å². The molecule has 184 valence electrons. The topological polar surface area (TPSA) is 110 Å². The third-order valence-corrected chi connectivity index (χ3v) is 6.44. The number of rotatable bonds is 9. The van der Waals surface area contributed by atoms with E-state index < -0.39 is 11.6 Å². The maximum absolute atomic E-state index is 12.1. The number of nitrogens with one attached hydrogen (secondary N) is 2. The van der Waals surface area contributed by atoms with Gasteiger partial charge in [0.2, 0.25) is 5.95 Å². The van der Waals surface area contributed by atoms with Crippen LogP contribution >= 0.6 is 0 Å². The summed E-state index contributed by atoms with van der Waals surface area (Å²) >= 11 is 0. The number of hydrogen-bond acceptors (Lipinski definition) is 8. The molecule has 0 bridgehead atoms. The van der Waals surface area contributed by atoms with E-state index in [9.17, 15) is 10.1 Å². The summed E-state index contributed by atoms with van der Waals surface area (Å²) in [5, 5.41) is 19.6. The highest BCUT2D eigenvalue weighted by atomic mass is 16.6. The second-order valence-electron chi connectivity index (χ2n) is 8.93. The third kappa shape index (κ3) is 4.75. The Morgan fingerprint density at radius 3 is 2.74 bits per heavy atom. The van der Waals surface area contributed by atoms with Gasteiger partial charge in [-0.25, -0.2) is 4.98 Å². The van der Waals surface area contributed by atoms with Crippen molar-refractivity contribution in [2.24, 2.45) is 0 Å². The lowest BCUT2D eigenvalue weighted by Gasteiger charge is -2.36. The van der Waals surface area contributed by atoms with Crippen molar-refractivity contribution in [1.29, 1.82) is 0 Å². The molecule has 0 saturated heterocycles. The van der Waals surface area contributed by atoms with Gasteiger partial charge in [0.15, 0.2) is 0 Å². The van der Waals surface area contributed by atoms with Gasteiger partial charge in [-0.15, -0.1) is 0 Å². The first-order chi connectivity index (χ1) is 16.8. The molecule has 2 aromatic heterocycles. The van der Waals surface area contributed by atoms with Crippen LogP contribution in [0.3, 0.4) is 0 Å². The van der Waals surface area contributed by atoms with E-state index in [1.807, 2.05) is 54.0 Å². The van der Waals surface area contributed by atoms with E-state index in [0.29, 0.717) is 36.2 Å². The van der Waals surface area contributed by atoms with Crippen LogP contribution in [-0.2, 0) is 4.74 Å². The van der Waals surface area contributed by atoms with Gasteiger partial charge in [0, 0.05) is 28.8 Å². The van der Waals surface area contributed by atoms with Crippen molar-refractivity contribution in [2.45, 2.75) is 24.9 Å². The highest BCUT2D eigenvalue weighted by Gasteiger charge is 2.46. The Morgan fingerprint density at radius 1 is 1.29 bits per heavy atom. The summed E-state index contributed by atoms with van der Waals surface area (Å²) in [6.45, 7) is 2.73. The average Bonchev–Trinajstić information content (AvgIpc) is 3.19. The van der Waals surface area contributed by atoms with Gasteiger partial charge in [0.25, 0.3) is 6.04 Å².